The van der Waals surface area contributed by atoms with Crippen LogP contribution in [0, 0.1) is 5.82 Å². The molecule has 5 nitrogen and oxygen atoms in total. The first-order valence-electron chi connectivity index (χ1n) is 9.52. The SMILES string of the molecule is NC(=O)Cn1cc(CN2CC[C@@H](c3ccc(F)cc3)[C@H](O)C2)c2ccccc21. The molecule has 1 fully saturated rings. The number of carbonyl (C=O) groups is 1. The summed E-state index contributed by atoms with van der Waals surface area (Å²) in [6.07, 6.45) is 2.29. The fourth-order valence-corrected chi connectivity index (χ4v) is 4.23. The lowest BCUT2D eigenvalue weighted by molar-refractivity contribution is -0.118. The van der Waals surface area contributed by atoms with Gasteiger partial charge < -0.3 is 15.4 Å². The van der Waals surface area contributed by atoms with Gasteiger partial charge >= 0.3 is 0 Å². The number of primary amides is 1. The van der Waals surface area contributed by atoms with E-state index in [0.29, 0.717) is 13.1 Å². The normalized spacial score (nSPS) is 20.5. The van der Waals surface area contributed by atoms with Crippen molar-refractivity contribution in [3.05, 3.63) is 71.7 Å². The maximum Gasteiger partial charge on any atom is 0.237 e. The van der Waals surface area contributed by atoms with E-state index in [9.17, 15) is 14.3 Å². The number of aliphatic hydroxyl groups excluding tert-OH is 1. The first kappa shape index (κ1) is 18.7. The van der Waals surface area contributed by atoms with Crippen LogP contribution in [0.25, 0.3) is 10.9 Å². The van der Waals surface area contributed by atoms with E-state index in [2.05, 4.69) is 4.90 Å². The van der Waals surface area contributed by atoms with Gasteiger partial charge in [-0.1, -0.05) is 30.3 Å². The monoisotopic (exact) mass is 381 g/mol. The first-order chi connectivity index (χ1) is 13.5. The van der Waals surface area contributed by atoms with Crippen LogP contribution in [0.5, 0.6) is 0 Å². The number of rotatable bonds is 5. The second-order valence-electron chi connectivity index (χ2n) is 7.51. The smallest absolute Gasteiger partial charge is 0.237 e. The topological polar surface area (TPSA) is 71.5 Å². The van der Waals surface area contributed by atoms with Crippen molar-refractivity contribution in [2.24, 2.45) is 5.73 Å². The van der Waals surface area contributed by atoms with Crippen molar-refractivity contribution in [3.63, 3.8) is 0 Å². The molecule has 0 saturated carbocycles. The Labute approximate surface area is 163 Å². The predicted molar refractivity (Wildman–Crippen MR) is 106 cm³/mol. The average molecular weight is 381 g/mol. The second kappa shape index (κ2) is 7.73. The zero-order valence-electron chi connectivity index (χ0n) is 15.6. The number of halogens is 1. The van der Waals surface area contributed by atoms with Crippen molar-refractivity contribution in [1.82, 2.24) is 9.47 Å². The number of aliphatic hydroxyl groups is 1. The number of amides is 1. The van der Waals surface area contributed by atoms with Gasteiger partial charge in [-0.2, -0.15) is 0 Å². The number of aromatic nitrogens is 1. The minimum absolute atomic E-state index is 0.0213. The Morgan fingerprint density at radius 1 is 1.18 bits per heavy atom. The molecule has 146 valence electrons. The maximum absolute atomic E-state index is 13.2. The molecule has 28 heavy (non-hydrogen) atoms. The molecule has 3 N–H and O–H groups in total. The van der Waals surface area contributed by atoms with Crippen LogP contribution < -0.4 is 5.73 Å². The van der Waals surface area contributed by atoms with Crippen LogP contribution in [-0.4, -0.2) is 39.7 Å². The number of hydrogen-bond donors (Lipinski definition) is 2. The summed E-state index contributed by atoms with van der Waals surface area (Å²) >= 11 is 0. The minimum atomic E-state index is -0.502. The molecule has 0 spiro atoms. The van der Waals surface area contributed by atoms with Gasteiger partial charge in [0.25, 0.3) is 0 Å². The summed E-state index contributed by atoms with van der Waals surface area (Å²) in [5, 5.41) is 11.8. The molecule has 1 aliphatic rings. The Morgan fingerprint density at radius 2 is 1.93 bits per heavy atom. The van der Waals surface area contributed by atoms with Crippen molar-refractivity contribution in [1.29, 1.82) is 0 Å². The summed E-state index contributed by atoms with van der Waals surface area (Å²) in [7, 11) is 0. The van der Waals surface area contributed by atoms with Crippen molar-refractivity contribution in [2.45, 2.75) is 31.5 Å². The fourth-order valence-electron chi connectivity index (χ4n) is 4.23. The third-order valence-corrected chi connectivity index (χ3v) is 5.56. The van der Waals surface area contributed by atoms with Crippen LogP contribution in [0.2, 0.25) is 0 Å². The Kier molecular flexibility index (Phi) is 5.15. The van der Waals surface area contributed by atoms with E-state index in [-0.39, 0.29) is 24.2 Å². The number of fused-ring (bicyclic) bond motifs is 1. The number of hydrogen-bond acceptors (Lipinski definition) is 3. The number of nitrogens with two attached hydrogens (primary N) is 1. The van der Waals surface area contributed by atoms with Crippen LogP contribution >= 0.6 is 0 Å². The van der Waals surface area contributed by atoms with Crippen molar-refractivity contribution in [3.8, 4) is 0 Å². The van der Waals surface area contributed by atoms with Crippen LogP contribution in [0.15, 0.2) is 54.7 Å². The standard InChI is InChI=1S/C22H24FN3O2/c23-17-7-5-15(6-8-17)19-9-10-25(13-21(19)27)11-16-12-26(14-22(24)28)20-4-2-1-3-18(16)20/h1-8,12,19,21,27H,9-11,13-14H2,(H2,24,28)/t19-,21+/m0/s1. The molecule has 1 aliphatic heterocycles. The number of para-hydroxylation sites is 1. The lowest BCUT2D eigenvalue weighted by atomic mass is 9.87. The van der Waals surface area contributed by atoms with Crippen LogP contribution in [0.1, 0.15) is 23.5 Å². The van der Waals surface area contributed by atoms with E-state index in [1.807, 2.05) is 35.0 Å². The van der Waals surface area contributed by atoms with Crippen LogP contribution in [0.3, 0.4) is 0 Å². The van der Waals surface area contributed by atoms with Gasteiger partial charge in [-0.05, 0) is 42.3 Å². The van der Waals surface area contributed by atoms with Crippen molar-refractivity contribution >= 4 is 16.8 Å². The molecule has 0 unspecified atom stereocenters. The molecule has 6 heteroatoms. The van der Waals surface area contributed by atoms with Crippen LogP contribution in [-0.2, 0) is 17.9 Å². The largest absolute Gasteiger partial charge is 0.391 e. The van der Waals surface area contributed by atoms with Gasteiger partial charge in [-0.15, -0.1) is 0 Å². The lowest BCUT2D eigenvalue weighted by Crippen LogP contribution is -2.42. The Bertz CT molecular complexity index is 983. The average Bonchev–Trinajstić information content (AvgIpc) is 3.00. The van der Waals surface area contributed by atoms with E-state index in [0.717, 1.165) is 35.0 Å². The van der Waals surface area contributed by atoms with Crippen LogP contribution in [0.4, 0.5) is 4.39 Å². The molecule has 2 aromatic carbocycles. The fraction of sp³-hybridized carbons (Fsp3) is 0.318. The zero-order chi connectivity index (χ0) is 19.7. The van der Waals surface area contributed by atoms with E-state index < -0.39 is 6.10 Å². The quantitative estimate of drug-likeness (QED) is 0.714. The number of nitrogens with zero attached hydrogens (tertiary/aromatic N) is 2. The van der Waals surface area contributed by atoms with E-state index in [1.54, 1.807) is 12.1 Å². The maximum atomic E-state index is 13.2. The Balaban J connectivity index is 1.50. The summed E-state index contributed by atoms with van der Waals surface area (Å²) in [6, 6.07) is 14.4. The molecule has 1 saturated heterocycles. The summed E-state index contributed by atoms with van der Waals surface area (Å²) in [6.45, 7) is 2.24. The van der Waals surface area contributed by atoms with Gasteiger partial charge in [0, 0.05) is 36.1 Å². The van der Waals surface area contributed by atoms with Gasteiger partial charge in [0.05, 0.1) is 6.10 Å². The molecule has 2 heterocycles. The number of carbonyl (C=O) groups excluding carboxylic acids is 1. The van der Waals surface area contributed by atoms with E-state index in [4.69, 9.17) is 5.73 Å². The van der Waals surface area contributed by atoms with Gasteiger partial charge in [0.2, 0.25) is 5.91 Å². The molecule has 1 aromatic heterocycles. The van der Waals surface area contributed by atoms with Gasteiger partial charge in [-0.3, -0.25) is 9.69 Å². The van der Waals surface area contributed by atoms with Crippen molar-refractivity contribution < 1.29 is 14.3 Å². The number of piperidine rings is 1. The van der Waals surface area contributed by atoms with Gasteiger partial charge in [0.1, 0.15) is 12.4 Å². The summed E-state index contributed by atoms with van der Waals surface area (Å²) in [4.78, 5) is 13.6. The molecule has 3 aromatic rings. The zero-order valence-corrected chi connectivity index (χ0v) is 15.6. The molecule has 1 amide bonds. The molecule has 4 rings (SSSR count). The highest BCUT2D eigenvalue weighted by molar-refractivity contribution is 5.85. The molecule has 0 bridgehead atoms. The van der Waals surface area contributed by atoms with Gasteiger partial charge in [0.15, 0.2) is 0 Å². The highest BCUT2D eigenvalue weighted by atomic mass is 19.1. The Morgan fingerprint density at radius 3 is 2.64 bits per heavy atom. The number of benzene rings is 2. The van der Waals surface area contributed by atoms with Gasteiger partial charge in [-0.25, -0.2) is 4.39 Å². The van der Waals surface area contributed by atoms with Crippen molar-refractivity contribution in [2.75, 3.05) is 13.1 Å². The van der Waals surface area contributed by atoms with E-state index in [1.165, 1.54) is 12.1 Å². The molecular weight excluding hydrogens is 357 g/mol. The summed E-state index contributed by atoms with van der Waals surface area (Å²) in [5.74, 6) is -0.612. The summed E-state index contributed by atoms with van der Waals surface area (Å²) < 4.78 is 15.0. The third-order valence-electron chi connectivity index (χ3n) is 5.56. The molecule has 0 aliphatic carbocycles. The summed E-state index contributed by atoms with van der Waals surface area (Å²) in [5.41, 5.74) is 8.46. The Hall–Kier alpha value is -2.70. The predicted octanol–water partition coefficient (Wildman–Crippen LogP) is 2.62. The second-order valence-corrected chi connectivity index (χ2v) is 7.51. The number of β-amino-alcohol motifs (C(OH)–C–C–N with tert-alkyl or cyclic N) is 1. The molecule has 2 atom stereocenters. The molecule has 0 radical (unpaired) electrons. The van der Waals surface area contributed by atoms with E-state index >= 15 is 0 Å². The highest BCUT2D eigenvalue weighted by Crippen LogP contribution is 2.30. The minimum Gasteiger partial charge on any atom is -0.391 e. The highest BCUT2D eigenvalue weighted by Gasteiger charge is 2.29. The first-order valence-corrected chi connectivity index (χ1v) is 9.52. The third kappa shape index (κ3) is 3.79. The lowest BCUT2D eigenvalue weighted by Gasteiger charge is -2.36. The molecular formula is C22H24FN3O2. The number of likely N-dealkylation sites (tertiary alicyclic amines) is 1.